The highest BCUT2D eigenvalue weighted by molar-refractivity contribution is 5.79. The molecule has 1 saturated heterocycles. The van der Waals surface area contributed by atoms with Crippen molar-refractivity contribution in [2.75, 3.05) is 19.6 Å². The maximum atomic E-state index is 11.8. The molecule has 3 unspecified atom stereocenters. The normalized spacial score (nSPS) is 34.4. The number of nitrogens with one attached hydrogen (secondary N) is 1. The number of aliphatic carboxylic acids is 1. The van der Waals surface area contributed by atoms with Crippen molar-refractivity contribution in [2.45, 2.75) is 25.7 Å². The van der Waals surface area contributed by atoms with E-state index in [2.05, 4.69) is 5.32 Å². The first-order valence-corrected chi connectivity index (χ1v) is 6.89. The molecule has 2 N–H and O–H groups in total. The maximum absolute atomic E-state index is 11.8. The van der Waals surface area contributed by atoms with Crippen molar-refractivity contribution in [1.29, 1.82) is 0 Å². The van der Waals surface area contributed by atoms with Gasteiger partial charge in [0, 0.05) is 19.6 Å². The molecule has 0 aromatic rings. The maximum Gasteiger partial charge on any atom is 0.317 e. The van der Waals surface area contributed by atoms with E-state index >= 15 is 0 Å². The van der Waals surface area contributed by atoms with Gasteiger partial charge in [0.05, 0.1) is 5.92 Å². The molecule has 2 saturated carbocycles. The SMILES string of the molecule is O=C(O)C1CN(C(=O)NCC2CC3CCC2C3)C1. The van der Waals surface area contributed by atoms with Crippen LogP contribution in [0.1, 0.15) is 25.7 Å². The molecule has 100 valence electrons. The lowest BCUT2D eigenvalue weighted by Crippen LogP contribution is -2.56. The number of carboxylic acid groups (broad SMARTS) is 1. The summed E-state index contributed by atoms with van der Waals surface area (Å²) in [7, 11) is 0. The highest BCUT2D eigenvalue weighted by atomic mass is 16.4. The van der Waals surface area contributed by atoms with Crippen LogP contribution in [0.3, 0.4) is 0 Å². The monoisotopic (exact) mass is 252 g/mol. The second kappa shape index (κ2) is 4.44. The Balaban J connectivity index is 1.39. The second-order valence-corrected chi connectivity index (χ2v) is 6.06. The van der Waals surface area contributed by atoms with Gasteiger partial charge in [-0.15, -0.1) is 0 Å². The molecule has 0 aromatic carbocycles. The predicted molar refractivity (Wildman–Crippen MR) is 65.0 cm³/mol. The Bertz CT molecular complexity index is 365. The number of amides is 2. The van der Waals surface area contributed by atoms with E-state index in [0.29, 0.717) is 19.0 Å². The van der Waals surface area contributed by atoms with Gasteiger partial charge < -0.3 is 15.3 Å². The standard InChI is InChI=1S/C13H20N2O3/c16-12(17)11-6-15(7-11)13(18)14-5-10-4-8-1-2-9(10)3-8/h8-11H,1-7H2,(H,14,18)(H,16,17). The number of urea groups is 1. The molecule has 3 rings (SSSR count). The second-order valence-electron chi connectivity index (χ2n) is 6.06. The molecule has 0 spiro atoms. The van der Waals surface area contributed by atoms with Crippen LogP contribution in [0.5, 0.6) is 0 Å². The fraction of sp³-hybridized carbons (Fsp3) is 0.846. The number of carbonyl (C=O) groups is 2. The third kappa shape index (κ3) is 2.06. The number of rotatable bonds is 3. The summed E-state index contributed by atoms with van der Waals surface area (Å²) >= 11 is 0. The Hall–Kier alpha value is -1.26. The number of carbonyl (C=O) groups excluding carboxylic acids is 1. The lowest BCUT2D eigenvalue weighted by Gasteiger charge is -2.37. The quantitative estimate of drug-likeness (QED) is 0.791. The Morgan fingerprint density at radius 1 is 1.22 bits per heavy atom. The van der Waals surface area contributed by atoms with E-state index in [0.717, 1.165) is 18.4 Å². The molecule has 3 aliphatic rings. The summed E-state index contributed by atoms with van der Waals surface area (Å²) in [4.78, 5) is 24.0. The van der Waals surface area contributed by atoms with Gasteiger partial charge in [0.15, 0.2) is 0 Å². The van der Waals surface area contributed by atoms with E-state index in [1.807, 2.05) is 0 Å². The lowest BCUT2D eigenvalue weighted by atomic mass is 9.89. The van der Waals surface area contributed by atoms with Gasteiger partial charge in [-0.3, -0.25) is 4.79 Å². The van der Waals surface area contributed by atoms with Crippen LogP contribution >= 0.6 is 0 Å². The summed E-state index contributed by atoms with van der Waals surface area (Å²) in [5.41, 5.74) is 0. The highest BCUT2D eigenvalue weighted by Crippen LogP contribution is 2.47. The molecule has 0 aromatic heterocycles. The van der Waals surface area contributed by atoms with Gasteiger partial charge >= 0.3 is 12.0 Å². The van der Waals surface area contributed by atoms with E-state index in [9.17, 15) is 9.59 Å². The molecule has 2 amide bonds. The molecule has 2 bridgehead atoms. The zero-order valence-electron chi connectivity index (χ0n) is 10.5. The van der Waals surface area contributed by atoms with Gasteiger partial charge in [0.2, 0.25) is 0 Å². The molecular weight excluding hydrogens is 232 g/mol. The largest absolute Gasteiger partial charge is 0.481 e. The van der Waals surface area contributed by atoms with Crippen molar-refractivity contribution in [3.63, 3.8) is 0 Å². The van der Waals surface area contributed by atoms with Gasteiger partial charge in [0.25, 0.3) is 0 Å². The lowest BCUT2D eigenvalue weighted by molar-refractivity contribution is -0.146. The minimum Gasteiger partial charge on any atom is -0.481 e. The predicted octanol–water partition coefficient (Wildman–Crippen LogP) is 1.15. The van der Waals surface area contributed by atoms with Crippen LogP contribution in [0, 0.1) is 23.7 Å². The topological polar surface area (TPSA) is 69.6 Å². The van der Waals surface area contributed by atoms with E-state index in [4.69, 9.17) is 5.11 Å². The van der Waals surface area contributed by atoms with Crippen molar-refractivity contribution in [3.8, 4) is 0 Å². The van der Waals surface area contributed by atoms with Crippen molar-refractivity contribution in [2.24, 2.45) is 23.7 Å². The summed E-state index contributed by atoms with van der Waals surface area (Å²) in [6, 6.07) is -0.0877. The summed E-state index contributed by atoms with van der Waals surface area (Å²) in [6.45, 7) is 1.49. The van der Waals surface area contributed by atoms with Crippen molar-refractivity contribution >= 4 is 12.0 Å². The smallest absolute Gasteiger partial charge is 0.317 e. The Kier molecular flexibility index (Phi) is 2.92. The van der Waals surface area contributed by atoms with Crippen molar-refractivity contribution < 1.29 is 14.7 Å². The van der Waals surface area contributed by atoms with Crippen molar-refractivity contribution in [1.82, 2.24) is 10.2 Å². The van der Waals surface area contributed by atoms with E-state index < -0.39 is 5.97 Å². The Labute approximate surface area is 107 Å². The van der Waals surface area contributed by atoms with Crippen LogP contribution < -0.4 is 5.32 Å². The average molecular weight is 252 g/mol. The third-order valence-corrected chi connectivity index (χ3v) is 4.92. The summed E-state index contributed by atoms with van der Waals surface area (Å²) in [6.07, 6.45) is 5.32. The number of carboxylic acids is 1. The molecule has 2 aliphatic carbocycles. The minimum atomic E-state index is -0.799. The zero-order valence-corrected chi connectivity index (χ0v) is 10.5. The molecular formula is C13H20N2O3. The fourth-order valence-corrected chi connectivity index (χ4v) is 3.76. The van der Waals surface area contributed by atoms with E-state index in [1.54, 1.807) is 4.90 Å². The minimum absolute atomic E-state index is 0.0877. The molecule has 1 heterocycles. The first kappa shape index (κ1) is 11.8. The van der Waals surface area contributed by atoms with Gasteiger partial charge in [-0.2, -0.15) is 0 Å². The third-order valence-electron chi connectivity index (χ3n) is 4.92. The van der Waals surface area contributed by atoms with E-state index in [-0.39, 0.29) is 11.9 Å². The number of hydrogen-bond donors (Lipinski definition) is 2. The molecule has 3 fully saturated rings. The number of hydrogen-bond acceptors (Lipinski definition) is 2. The van der Waals surface area contributed by atoms with Gasteiger partial charge in [-0.05, 0) is 37.0 Å². The first-order chi connectivity index (χ1) is 8.63. The summed E-state index contributed by atoms with van der Waals surface area (Å²) in [5, 5.41) is 11.7. The molecule has 5 nitrogen and oxygen atoms in total. The van der Waals surface area contributed by atoms with Crippen molar-refractivity contribution in [3.05, 3.63) is 0 Å². The van der Waals surface area contributed by atoms with Crippen LogP contribution in [0.15, 0.2) is 0 Å². The average Bonchev–Trinajstić information content (AvgIpc) is 2.85. The van der Waals surface area contributed by atoms with Crippen LogP contribution in [-0.4, -0.2) is 41.6 Å². The Morgan fingerprint density at radius 3 is 2.56 bits per heavy atom. The van der Waals surface area contributed by atoms with Crippen LogP contribution in [0.4, 0.5) is 4.79 Å². The molecule has 1 aliphatic heterocycles. The molecule has 18 heavy (non-hydrogen) atoms. The van der Waals surface area contributed by atoms with Crippen LogP contribution in [-0.2, 0) is 4.79 Å². The van der Waals surface area contributed by atoms with Gasteiger partial charge in [0.1, 0.15) is 0 Å². The first-order valence-electron chi connectivity index (χ1n) is 6.89. The van der Waals surface area contributed by atoms with Crippen LogP contribution in [0.2, 0.25) is 0 Å². The van der Waals surface area contributed by atoms with Crippen LogP contribution in [0.25, 0.3) is 0 Å². The summed E-state index contributed by atoms with van der Waals surface area (Å²) in [5.74, 6) is 1.21. The number of fused-ring (bicyclic) bond motifs is 2. The molecule has 0 radical (unpaired) electrons. The number of likely N-dealkylation sites (tertiary alicyclic amines) is 1. The van der Waals surface area contributed by atoms with Gasteiger partial charge in [-0.25, -0.2) is 4.79 Å². The van der Waals surface area contributed by atoms with Gasteiger partial charge in [-0.1, -0.05) is 6.42 Å². The Morgan fingerprint density at radius 2 is 2.00 bits per heavy atom. The van der Waals surface area contributed by atoms with E-state index in [1.165, 1.54) is 25.7 Å². The summed E-state index contributed by atoms with van der Waals surface area (Å²) < 4.78 is 0. The highest BCUT2D eigenvalue weighted by Gasteiger charge is 2.40. The zero-order chi connectivity index (χ0) is 12.7. The molecule has 5 heteroatoms. The molecule has 3 atom stereocenters. The fourth-order valence-electron chi connectivity index (χ4n) is 3.76. The number of nitrogens with zero attached hydrogens (tertiary/aromatic N) is 1.